The van der Waals surface area contributed by atoms with E-state index in [2.05, 4.69) is 80.4 Å². The van der Waals surface area contributed by atoms with Crippen LogP contribution >= 0.6 is 31.9 Å². The minimum Gasteiger partial charge on any atom is -0.0619 e. The molecule has 0 saturated carbocycles. The Bertz CT molecular complexity index is 560. The van der Waals surface area contributed by atoms with Crippen molar-refractivity contribution in [2.45, 2.75) is 6.42 Å². The maximum Gasteiger partial charge on any atom is 0.0688 e. The maximum absolute atomic E-state index is 3.57. The molecule has 0 unspecified atom stereocenters. The van der Waals surface area contributed by atoms with Gasteiger partial charge < -0.3 is 0 Å². The van der Waals surface area contributed by atoms with Crippen LogP contribution in [0.5, 0.6) is 0 Å². The Morgan fingerprint density at radius 2 is 1.24 bits per heavy atom. The molecule has 0 radical (unpaired) electrons. The maximum atomic E-state index is 3.57. The van der Waals surface area contributed by atoms with Gasteiger partial charge in [0.2, 0.25) is 0 Å². The van der Waals surface area contributed by atoms with Gasteiger partial charge in [-0.3, -0.25) is 0 Å². The molecule has 2 aromatic carbocycles. The average molecular weight is 350 g/mol. The minimum atomic E-state index is 1.02. The van der Waals surface area contributed by atoms with Crippen LogP contribution in [0, 0.1) is 0 Å². The molecule has 3 rings (SSSR count). The molecule has 0 atom stereocenters. The van der Waals surface area contributed by atoms with Crippen molar-refractivity contribution in [1.82, 2.24) is 0 Å². The van der Waals surface area contributed by atoms with Crippen molar-refractivity contribution < 1.29 is 0 Å². The van der Waals surface area contributed by atoms with E-state index in [4.69, 9.17) is 0 Å². The van der Waals surface area contributed by atoms with Gasteiger partial charge in [0, 0.05) is 5.57 Å². The van der Waals surface area contributed by atoms with Crippen LogP contribution in [0.4, 0.5) is 0 Å². The van der Waals surface area contributed by atoms with Gasteiger partial charge in [0.25, 0.3) is 0 Å². The van der Waals surface area contributed by atoms with Crippen LogP contribution in [-0.4, -0.2) is 0 Å². The molecule has 2 heteroatoms. The van der Waals surface area contributed by atoms with E-state index in [0.717, 1.165) is 9.81 Å². The third kappa shape index (κ3) is 1.90. The second-order valence-corrected chi connectivity index (χ2v) is 6.78. The third-order valence-electron chi connectivity index (χ3n) is 3.14. The van der Waals surface area contributed by atoms with Crippen molar-refractivity contribution in [1.29, 1.82) is 0 Å². The van der Waals surface area contributed by atoms with E-state index in [-0.39, 0.29) is 0 Å². The minimum absolute atomic E-state index is 1.02. The van der Waals surface area contributed by atoms with E-state index in [1.165, 1.54) is 27.8 Å². The van der Waals surface area contributed by atoms with Crippen molar-refractivity contribution in [2.24, 2.45) is 0 Å². The van der Waals surface area contributed by atoms with Crippen LogP contribution in [0.2, 0.25) is 0 Å². The lowest BCUT2D eigenvalue weighted by molar-refractivity contribution is 1.14. The van der Waals surface area contributed by atoms with Crippen LogP contribution < -0.4 is 0 Å². The monoisotopic (exact) mass is 348 g/mol. The first kappa shape index (κ1) is 11.2. The highest BCUT2D eigenvalue weighted by Crippen LogP contribution is 2.40. The third-order valence-corrected chi connectivity index (χ3v) is 3.94. The molecular formula is C15H10Br2. The Labute approximate surface area is 118 Å². The van der Waals surface area contributed by atoms with E-state index in [9.17, 15) is 0 Å². The van der Waals surface area contributed by atoms with Crippen molar-refractivity contribution in [3.8, 4) is 0 Å². The number of rotatable bonds is 0. The normalized spacial score (nSPS) is 12.9. The van der Waals surface area contributed by atoms with Gasteiger partial charge in [-0.25, -0.2) is 0 Å². The molecule has 0 amide bonds. The fraction of sp³-hybridized carbons (Fsp3) is 0.0667. The molecule has 1 aliphatic carbocycles. The lowest BCUT2D eigenvalue weighted by Gasteiger charge is -2.22. The summed E-state index contributed by atoms with van der Waals surface area (Å²) in [6.45, 7) is 0. The van der Waals surface area contributed by atoms with Gasteiger partial charge in [-0.15, -0.1) is 0 Å². The number of hydrogen-bond donors (Lipinski definition) is 0. The number of hydrogen-bond acceptors (Lipinski definition) is 0. The second-order valence-electron chi connectivity index (χ2n) is 4.13. The summed E-state index contributed by atoms with van der Waals surface area (Å²) in [7, 11) is 0. The lowest BCUT2D eigenvalue weighted by Crippen LogP contribution is -2.06. The van der Waals surface area contributed by atoms with E-state index in [1.807, 2.05) is 0 Å². The Kier molecular flexibility index (Phi) is 2.93. The van der Waals surface area contributed by atoms with Crippen LogP contribution in [0.25, 0.3) is 5.57 Å². The van der Waals surface area contributed by atoms with Crippen LogP contribution in [0.3, 0.4) is 0 Å². The van der Waals surface area contributed by atoms with Gasteiger partial charge in [0.05, 0.1) is 3.39 Å². The summed E-state index contributed by atoms with van der Waals surface area (Å²) in [5.41, 5.74) is 6.66. The largest absolute Gasteiger partial charge is 0.0688 e. The molecule has 17 heavy (non-hydrogen) atoms. The van der Waals surface area contributed by atoms with Crippen molar-refractivity contribution in [3.63, 3.8) is 0 Å². The Hall–Kier alpha value is -0.860. The molecule has 0 N–H and O–H groups in total. The molecule has 1 aliphatic rings. The molecular weight excluding hydrogens is 340 g/mol. The van der Waals surface area contributed by atoms with Gasteiger partial charge in [-0.05, 0) is 60.5 Å². The Balaban J connectivity index is 2.33. The zero-order valence-electron chi connectivity index (χ0n) is 9.08. The highest BCUT2D eigenvalue weighted by molar-refractivity contribution is 9.28. The topological polar surface area (TPSA) is 0 Å². The predicted molar refractivity (Wildman–Crippen MR) is 79.6 cm³/mol. The summed E-state index contributed by atoms with van der Waals surface area (Å²) in [5, 5.41) is 0. The molecule has 0 aromatic heterocycles. The van der Waals surface area contributed by atoms with Crippen molar-refractivity contribution in [2.75, 3.05) is 0 Å². The first-order chi connectivity index (χ1) is 8.27. The number of halogens is 2. The smallest absolute Gasteiger partial charge is 0.0619 e. The summed E-state index contributed by atoms with van der Waals surface area (Å²) >= 11 is 7.14. The molecule has 0 bridgehead atoms. The molecule has 0 aliphatic heterocycles. The first-order valence-electron chi connectivity index (χ1n) is 5.49. The molecule has 0 heterocycles. The number of benzene rings is 2. The first-order valence-corrected chi connectivity index (χ1v) is 7.08. The number of fused-ring (bicyclic) bond motifs is 2. The van der Waals surface area contributed by atoms with E-state index < -0.39 is 0 Å². The summed E-state index contributed by atoms with van der Waals surface area (Å²) in [5.74, 6) is 0. The predicted octanol–water partition coefficient (Wildman–Crippen LogP) is 5.10. The van der Waals surface area contributed by atoms with Crippen LogP contribution in [0.15, 0.2) is 51.9 Å². The molecule has 0 nitrogen and oxygen atoms in total. The van der Waals surface area contributed by atoms with Crippen molar-refractivity contribution in [3.05, 3.63) is 74.2 Å². The van der Waals surface area contributed by atoms with Gasteiger partial charge in [-0.2, -0.15) is 0 Å². The molecule has 0 fully saturated rings. The van der Waals surface area contributed by atoms with Crippen LogP contribution in [-0.2, 0) is 6.42 Å². The summed E-state index contributed by atoms with van der Waals surface area (Å²) in [6.07, 6.45) is 1.02. The van der Waals surface area contributed by atoms with E-state index >= 15 is 0 Å². The fourth-order valence-electron chi connectivity index (χ4n) is 2.39. The molecule has 84 valence electrons. The Morgan fingerprint density at radius 3 is 1.71 bits per heavy atom. The van der Waals surface area contributed by atoms with E-state index in [1.54, 1.807) is 0 Å². The van der Waals surface area contributed by atoms with Crippen LogP contribution in [0.1, 0.15) is 22.3 Å². The van der Waals surface area contributed by atoms with Gasteiger partial charge in [0.15, 0.2) is 0 Å². The molecule has 0 saturated heterocycles. The van der Waals surface area contributed by atoms with E-state index in [0.29, 0.717) is 0 Å². The average Bonchev–Trinajstić information content (AvgIpc) is 2.35. The quantitative estimate of drug-likeness (QED) is 0.529. The summed E-state index contributed by atoms with van der Waals surface area (Å²) in [4.78, 5) is 0. The van der Waals surface area contributed by atoms with Gasteiger partial charge in [0.1, 0.15) is 0 Å². The summed E-state index contributed by atoms with van der Waals surface area (Å²) in [6, 6.07) is 17.2. The second kappa shape index (κ2) is 4.43. The van der Waals surface area contributed by atoms with Crippen molar-refractivity contribution >= 4 is 37.4 Å². The zero-order chi connectivity index (χ0) is 11.8. The van der Waals surface area contributed by atoms with Gasteiger partial charge in [-0.1, -0.05) is 48.5 Å². The molecule has 0 spiro atoms. The highest BCUT2D eigenvalue weighted by atomic mass is 79.9. The standard InChI is InChI=1S/C15H10Br2/c16-15(17)14-12-7-3-1-5-10(12)9-11-6-2-4-8-13(11)14/h1-8H,9H2. The van der Waals surface area contributed by atoms with Gasteiger partial charge >= 0.3 is 0 Å². The molecule has 2 aromatic rings. The zero-order valence-corrected chi connectivity index (χ0v) is 12.3. The summed E-state index contributed by atoms with van der Waals surface area (Å²) < 4.78 is 1.02. The fourth-order valence-corrected chi connectivity index (χ4v) is 3.24. The highest BCUT2D eigenvalue weighted by Gasteiger charge is 2.20. The lowest BCUT2D eigenvalue weighted by atomic mass is 9.83. The Morgan fingerprint density at radius 1 is 0.765 bits per heavy atom. The SMILES string of the molecule is BrC(Br)=C1c2ccccc2Cc2ccccc21.